The smallest absolute Gasteiger partial charge is 0.341 e. The van der Waals surface area contributed by atoms with Crippen molar-refractivity contribution >= 4 is 28.2 Å². The molecule has 1 N–H and O–H groups in total. The van der Waals surface area contributed by atoms with Gasteiger partial charge in [0.25, 0.3) is 5.91 Å². The maximum absolute atomic E-state index is 11.7. The zero-order valence-electron chi connectivity index (χ0n) is 11.6. The lowest BCUT2D eigenvalue weighted by atomic mass is 10.2. The highest BCUT2D eigenvalue weighted by Crippen LogP contribution is 2.24. The third kappa shape index (κ3) is 5.40. The molecule has 1 aromatic rings. The number of thiophene rings is 1. The molecule has 19 heavy (non-hydrogen) atoms. The van der Waals surface area contributed by atoms with E-state index in [-0.39, 0.29) is 18.1 Å². The molecule has 0 radical (unpaired) electrons. The number of carbonyl (C=O) groups is 2. The van der Waals surface area contributed by atoms with Crippen molar-refractivity contribution < 1.29 is 19.1 Å². The molecule has 0 aliphatic carbocycles. The van der Waals surface area contributed by atoms with Crippen LogP contribution in [0.5, 0.6) is 0 Å². The molecule has 6 heteroatoms. The summed E-state index contributed by atoms with van der Waals surface area (Å²) in [6, 6.07) is 1.63. The van der Waals surface area contributed by atoms with Crippen molar-refractivity contribution in [1.29, 1.82) is 0 Å². The number of carbonyl (C=O) groups excluding carboxylic acids is 2. The van der Waals surface area contributed by atoms with Crippen LogP contribution in [0.25, 0.3) is 0 Å². The maximum atomic E-state index is 11.7. The van der Waals surface area contributed by atoms with Crippen molar-refractivity contribution in [2.24, 2.45) is 0 Å². The summed E-state index contributed by atoms with van der Waals surface area (Å²) in [5.74, 6) is -0.723. The average Bonchev–Trinajstić information content (AvgIpc) is 2.74. The van der Waals surface area contributed by atoms with E-state index in [9.17, 15) is 9.59 Å². The second-order valence-corrected chi connectivity index (χ2v) is 5.75. The number of hydrogen-bond donors (Lipinski definition) is 1. The number of rotatable bonds is 5. The van der Waals surface area contributed by atoms with E-state index < -0.39 is 5.97 Å². The molecule has 0 spiro atoms. The first-order valence-electron chi connectivity index (χ1n) is 6.02. The van der Waals surface area contributed by atoms with Crippen molar-refractivity contribution in [3.8, 4) is 0 Å². The van der Waals surface area contributed by atoms with E-state index in [1.165, 1.54) is 11.3 Å². The number of nitrogens with one attached hydrogen (secondary N) is 1. The van der Waals surface area contributed by atoms with E-state index in [4.69, 9.17) is 9.47 Å². The van der Waals surface area contributed by atoms with Crippen LogP contribution in [-0.2, 0) is 14.3 Å². The van der Waals surface area contributed by atoms with Gasteiger partial charge in [0.1, 0.15) is 11.6 Å². The van der Waals surface area contributed by atoms with Crippen molar-refractivity contribution in [1.82, 2.24) is 0 Å². The van der Waals surface area contributed by atoms with Crippen LogP contribution in [0.15, 0.2) is 11.4 Å². The lowest BCUT2D eigenvalue weighted by molar-refractivity contribution is -0.125. The van der Waals surface area contributed by atoms with Crippen LogP contribution < -0.4 is 5.32 Å². The van der Waals surface area contributed by atoms with Crippen LogP contribution in [-0.4, -0.2) is 30.7 Å². The van der Waals surface area contributed by atoms with Crippen LogP contribution in [0, 0.1) is 0 Å². The fraction of sp³-hybridized carbons (Fsp3) is 0.538. The molecular formula is C13H19NO4S. The second kappa shape index (κ2) is 6.68. The number of amides is 1. The molecule has 0 aliphatic heterocycles. The van der Waals surface area contributed by atoms with Crippen molar-refractivity contribution in [3.05, 3.63) is 17.0 Å². The molecule has 1 aromatic heterocycles. The Balaban J connectivity index is 2.60. The van der Waals surface area contributed by atoms with Gasteiger partial charge < -0.3 is 14.8 Å². The predicted octanol–water partition coefficient (Wildman–Crippen LogP) is 2.68. The Morgan fingerprint density at radius 1 is 1.37 bits per heavy atom. The first-order chi connectivity index (χ1) is 8.83. The summed E-state index contributed by atoms with van der Waals surface area (Å²) in [5.41, 5.74) is -0.00696. The molecule has 1 amide bonds. The van der Waals surface area contributed by atoms with Gasteiger partial charge in [0.2, 0.25) is 0 Å². The van der Waals surface area contributed by atoms with Crippen LogP contribution in [0.4, 0.5) is 5.00 Å². The van der Waals surface area contributed by atoms with Gasteiger partial charge in [-0.25, -0.2) is 4.79 Å². The van der Waals surface area contributed by atoms with Gasteiger partial charge in [-0.2, -0.15) is 0 Å². The molecule has 0 saturated carbocycles. The highest BCUT2D eigenvalue weighted by Gasteiger charge is 2.17. The van der Waals surface area contributed by atoms with Gasteiger partial charge in [-0.15, -0.1) is 11.3 Å². The van der Waals surface area contributed by atoms with Gasteiger partial charge in [0.15, 0.2) is 0 Å². The third-order valence-corrected chi connectivity index (χ3v) is 2.88. The molecule has 1 heterocycles. The fourth-order valence-electron chi connectivity index (χ4n) is 1.22. The molecule has 106 valence electrons. The summed E-state index contributed by atoms with van der Waals surface area (Å²) in [4.78, 5) is 23.3. The fourth-order valence-corrected chi connectivity index (χ4v) is 2.01. The molecule has 1 rings (SSSR count). The van der Waals surface area contributed by atoms with Gasteiger partial charge in [0, 0.05) is 0 Å². The molecule has 0 atom stereocenters. The number of hydrogen-bond acceptors (Lipinski definition) is 5. The SMILES string of the molecule is CCOC(=O)c1ccsc1NC(=O)COC(C)(C)C. The Bertz CT molecular complexity index is 448. The van der Waals surface area contributed by atoms with Crippen LogP contribution in [0.3, 0.4) is 0 Å². The molecule has 0 unspecified atom stereocenters. The zero-order valence-corrected chi connectivity index (χ0v) is 12.4. The highest BCUT2D eigenvalue weighted by molar-refractivity contribution is 7.14. The minimum atomic E-state index is -0.434. The average molecular weight is 285 g/mol. The summed E-state index contributed by atoms with van der Waals surface area (Å²) < 4.78 is 10.3. The van der Waals surface area contributed by atoms with Gasteiger partial charge in [-0.1, -0.05) is 0 Å². The zero-order chi connectivity index (χ0) is 14.5. The van der Waals surface area contributed by atoms with E-state index >= 15 is 0 Å². The first kappa shape index (κ1) is 15.7. The topological polar surface area (TPSA) is 64.6 Å². The monoisotopic (exact) mass is 285 g/mol. The summed E-state index contributed by atoms with van der Waals surface area (Å²) in [7, 11) is 0. The number of esters is 1. The van der Waals surface area contributed by atoms with E-state index in [0.29, 0.717) is 17.2 Å². The van der Waals surface area contributed by atoms with Crippen molar-refractivity contribution in [2.75, 3.05) is 18.5 Å². The third-order valence-electron chi connectivity index (χ3n) is 2.05. The second-order valence-electron chi connectivity index (χ2n) is 4.83. The molecule has 5 nitrogen and oxygen atoms in total. The largest absolute Gasteiger partial charge is 0.462 e. The minimum absolute atomic E-state index is 0.0519. The Kier molecular flexibility index (Phi) is 5.50. The Morgan fingerprint density at radius 2 is 2.05 bits per heavy atom. The van der Waals surface area contributed by atoms with Gasteiger partial charge in [-0.05, 0) is 39.1 Å². The Hall–Kier alpha value is -1.40. The van der Waals surface area contributed by atoms with Crippen LogP contribution in [0.1, 0.15) is 38.1 Å². The molecule has 0 saturated heterocycles. The normalized spacial score (nSPS) is 11.2. The lowest BCUT2D eigenvalue weighted by Gasteiger charge is -2.18. The van der Waals surface area contributed by atoms with E-state index in [1.807, 2.05) is 20.8 Å². The Morgan fingerprint density at radius 3 is 2.63 bits per heavy atom. The maximum Gasteiger partial charge on any atom is 0.341 e. The molecule has 0 fully saturated rings. The van der Waals surface area contributed by atoms with Gasteiger partial charge in [-0.3, -0.25) is 4.79 Å². The predicted molar refractivity (Wildman–Crippen MR) is 74.6 cm³/mol. The molecule has 0 aliphatic rings. The lowest BCUT2D eigenvalue weighted by Crippen LogP contribution is -2.27. The minimum Gasteiger partial charge on any atom is -0.462 e. The summed E-state index contributed by atoms with van der Waals surface area (Å²) in [6.45, 7) is 7.60. The highest BCUT2D eigenvalue weighted by atomic mass is 32.1. The van der Waals surface area contributed by atoms with Crippen molar-refractivity contribution in [2.45, 2.75) is 33.3 Å². The first-order valence-corrected chi connectivity index (χ1v) is 6.90. The van der Waals surface area contributed by atoms with Gasteiger partial charge in [0.05, 0.1) is 17.8 Å². The van der Waals surface area contributed by atoms with Crippen LogP contribution in [0.2, 0.25) is 0 Å². The van der Waals surface area contributed by atoms with E-state index in [0.717, 1.165) is 0 Å². The molecule has 0 aromatic carbocycles. The molecule has 0 bridgehead atoms. The summed E-state index contributed by atoms with van der Waals surface area (Å²) in [5, 5.41) is 4.87. The van der Waals surface area contributed by atoms with Crippen LogP contribution >= 0.6 is 11.3 Å². The molecular weight excluding hydrogens is 266 g/mol. The summed E-state index contributed by atoms with van der Waals surface area (Å²) >= 11 is 1.28. The standard InChI is InChI=1S/C13H19NO4S/c1-5-17-12(16)9-6-7-19-11(9)14-10(15)8-18-13(2,3)4/h6-7H,5,8H2,1-4H3,(H,14,15). The summed E-state index contributed by atoms with van der Waals surface area (Å²) in [6.07, 6.45) is 0. The number of ether oxygens (including phenoxy) is 2. The van der Waals surface area contributed by atoms with E-state index in [1.54, 1.807) is 18.4 Å². The van der Waals surface area contributed by atoms with Gasteiger partial charge >= 0.3 is 5.97 Å². The van der Waals surface area contributed by atoms with E-state index in [2.05, 4.69) is 5.32 Å². The van der Waals surface area contributed by atoms with Crippen molar-refractivity contribution in [3.63, 3.8) is 0 Å². The Labute approximate surface area is 116 Å². The number of anilines is 1. The quantitative estimate of drug-likeness (QED) is 0.845.